The number of nitrogens with zero attached hydrogens (tertiary/aromatic N) is 3. The predicted octanol–water partition coefficient (Wildman–Crippen LogP) is 6.01. The van der Waals surface area contributed by atoms with Crippen molar-refractivity contribution >= 4 is 11.4 Å². The van der Waals surface area contributed by atoms with Gasteiger partial charge in [-0.1, -0.05) is 75.0 Å². The Morgan fingerprint density at radius 3 is 2.29 bits per heavy atom. The summed E-state index contributed by atoms with van der Waals surface area (Å²) in [6.45, 7) is 12.7. The first-order chi connectivity index (χ1) is 23.1. The van der Waals surface area contributed by atoms with Gasteiger partial charge < -0.3 is 24.1 Å². The second kappa shape index (κ2) is 18.0. The molecule has 3 atom stereocenters. The van der Waals surface area contributed by atoms with E-state index in [9.17, 15) is 14.7 Å². The zero-order valence-electron chi connectivity index (χ0n) is 28.9. The van der Waals surface area contributed by atoms with Crippen molar-refractivity contribution in [2.24, 2.45) is 0 Å². The summed E-state index contributed by atoms with van der Waals surface area (Å²) in [5, 5.41) is 10.8. The number of hydrogen-bond acceptors (Lipinski definition) is 8. The first-order valence-corrected chi connectivity index (χ1v) is 15.9. The van der Waals surface area contributed by atoms with Crippen LogP contribution in [0.4, 0.5) is 0 Å². The van der Waals surface area contributed by atoms with Gasteiger partial charge in [-0.3, -0.25) is 9.36 Å². The zero-order valence-corrected chi connectivity index (χ0v) is 28.9. The highest BCUT2D eigenvalue weighted by Crippen LogP contribution is 2.42. The van der Waals surface area contributed by atoms with Crippen molar-refractivity contribution < 1.29 is 28.8 Å². The van der Waals surface area contributed by atoms with Gasteiger partial charge >= 0.3 is 5.69 Å². The molecule has 0 bridgehead atoms. The summed E-state index contributed by atoms with van der Waals surface area (Å²) in [5.74, 6) is 1.07. The molecule has 3 unspecified atom stereocenters. The number of ether oxygens (including phenoxy) is 4. The van der Waals surface area contributed by atoms with E-state index in [0.717, 1.165) is 16.7 Å². The van der Waals surface area contributed by atoms with Crippen molar-refractivity contribution in [3.63, 3.8) is 0 Å². The monoisotopic (exact) mass is 657 g/mol. The van der Waals surface area contributed by atoms with Gasteiger partial charge in [-0.05, 0) is 61.7 Å². The summed E-state index contributed by atoms with van der Waals surface area (Å²) < 4.78 is 26.5. The lowest BCUT2D eigenvalue weighted by atomic mass is 9.79. The Bertz CT molecular complexity index is 1750. The number of fused-ring (bicyclic) bond motifs is 1. The van der Waals surface area contributed by atoms with Crippen LogP contribution in [-0.4, -0.2) is 57.9 Å². The van der Waals surface area contributed by atoms with Crippen LogP contribution in [0, 0.1) is 0 Å². The Balaban J connectivity index is 0.00000307. The van der Waals surface area contributed by atoms with E-state index in [-0.39, 0.29) is 25.5 Å². The minimum Gasteiger partial charge on any atom is -0.497 e. The molecule has 0 radical (unpaired) electrons. The topological polar surface area (TPSA) is 114 Å². The first kappa shape index (κ1) is 37.7. The Morgan fingerprint density at radius 1 is 1.04 bits per heavy atom. The summed E-state index contributed by atoms with van der Waals surface area (Å²) in [7, 11) is 3.16. The standard InChI is InChI=1S/C36H41N3O7.C2H6/c1-7-28(14-13-26(3)43-5)36(29-11-9-8-10-12-29,30-15-17-32(44-6)18-16-30)46-23-33(27(4)41)45-24-38-20-19-34-37-22-31(21-25(2)40)39(34)35(38)42;1-2/h7-20,22,27,33,41H,3,21,23-24H2,1-2,4-6H3;1-2H3/b14-13-,28-7+;. The van der Waals surface area contributed by atoms with E-state index in [1.807, 2.05) is 87.5 Å². The molecule has 256 valence electrons. The quantitative estimate of drug-likeness (QED) is 0.115. The van der Waals surface area contributed by atoms with Gasteiger partial charge in [0.1, 0.15) is 41.4 Å². The molecule has 0 saturated heterocycles. The molecule has 0 amide bonds. The Kier molecular flexibility index (Phi) is 14.1. The number of carbonyl (C=O) groups excluding carboxylic acids is 1. The number of aliphatic hydroxyl groups is 1. The van der Waals surface area contributed by atoms with Crippen molar-refractivity contribution in [1.82, 2.24) is 14.0 Å². The van der Waals surface area contributed by atoms with Crippen LogP contribution in [0.1, 0.15) is 51.4 Å². The van der Waals surface area contributed by atoms with Gasteiger partial charge in [0, 0.05) is 18.8 Å². The van der Waals surface area contributed by atoms with Crippen molar-refractivity contribution in [2.45, 2.75) is 65.6 Å². The van der Waals surface area contributed by atoms with Crippen molar-refractivity contribution in [3.05, 3.63) is 137 Å². The Morgan fingerprint density at radius 2 is 1.71 bits per heavy atom. The number of allylic oxidation sites excluding steroid dienone is 2. The lowest BCUT2D eigenvalue weighted by molar-refractivity contribution is -0.120. The Labute approximate surface area is 282 Å². The average Bonchev–Trinajstić information content (AvgIpc) is 3.51. The largest absolute Gasteiger partial charge is 0.497 e. The normalized spacial score (nSPS) is 14.1. The van der Waals surface area contributed by atoms with Gasteiger partial charge in [0.25, 0.3) is 0 Å². The molecule has 48 heavy (non-hydrogen) atoms. The van der Waals surface area contributed by atoms with E-state index in [4.69, 9.17) is 18.9 Å². The molecular formula is C38H47N3O7. The van der Waals surface area contributed by atoms with E-state index in [1.165, 1.54) is 22.1 Å². The zero-order chi connectivity index (χ0) is 35.3. The maximum atomic E-state index is 13.4. The van der Waals surface area contributed by atoms with Crippen LogP contribution in [0.15, 0.2) is 114 Å². The fraction of sp³-hybridized carbons (Fsp3) is 0.342. The molecule has 0 fully saturated rings. The number of rotatable bonds is 16. The fourth-order valence-corrected chi connectivity index (χ4v) is 5.19. The minimum absolute atomic E-state index is 0.0490. The number of benzene rings is 2. The number of aliphatic hydroxyl groups excluding tert-OH is 1. The highest BCUT2D eigenvalue weighted by atomic mass is 16.6. The molecule has 0 aliphatic rings. The summed E-state index contributed by atoms with van der Waals surface area (Å²) in [4.78, 5) is 29.3. The maximum absolute atomic E-state index is 13.4. The fourth-order valence-electron chi connectivity index (χ4n) is 5.19. The van der Waals surface area contributed by atoms with Crippen LogP contribution in [0.2, 0.25) is 0 Å². The molecule has 0 saturated carbocycles. The third-order valence-electron chi connectivity index (χ3n) is 7.67. The van der Waals surface area contributed by atoms with Crippen molar-refractivity contribution in [1.29, 1.82) is 0 Å². The second-order valence-electron chi connectivity index (χ2n) is 10.8. The molecule has 4 rings (SSSR count). The molecule has 2 aromatic heterocycles. The number of hydrogen-bond donors (Lipinski definition) is 1. The summed E-state index contributed by atoms with van der Waals surface area (Å²) in [6, 6.07) is 19.0. The number of ketones is 1. The SMILES string of the molecule is C=C(/C=C\C(=C/C)C(OCC(OCn1ccc2ncc(CC(C)=O)n2c1=O)C(C)O)(c1ccccc1)c1ccc(OC)cc1)OC.CC. The second-order valence-corrected chi connectivity index (χ2v) is 10.8. The van der Waals surface area contributed by atoms with Crippen LogP contribution in [0.5, 0.6) is 5.75 Å². The number of methoxy groups -OCH3 is 2. The number of aromatic nitrogens is 3. The summed E-state index contributed by atoms with van der Waals surface area (Å²) >= 11 is 0. The molecule has 4 aromatic rings. The molecule has 10 heteroatoms. The first-order valence-electron chi connectivity index (χ1n) is 15.9. The minimum atomic E-state index is -1.16. The van der Waals surface area contributed by atoms with Gasteiger partial charge in [-0.2, -0.15) is 0 Å². The van der Waals surface area contributed by atoms with E-state index in [0.29, 0.717) is 22.8 Å². The van der Waals surface area contributed by atoms with Gasteiger partial charge in [-0.15, -0.1) is 0 Å². The van der Waals surface area contributed by atoms with Crippen LogP contribution >= 0.6 is 0 Å². The average molecular weight is 658 g/mol. The van der Waals surface area contributed by atoms with Gasteiger partial charge in [0.15, 0.2) is 0 Å². The molecule has 10 nitrogen and oxygen atoms in total. The highest BCUT2D eigenvalue weighted by molar-refractivity contribution is 5.78. The molecule has 0 spiro atoms. The maximum Gasteiger partial charge on any atom is 0.336 e. The van der Waals surface area contributed by atoms with Crippen LogP contribution in [0.3, 0.4) is 0 Å². The summed E-state index contributed by atoms with van der Waals surface area (Å²) in [5.41, 5.74) is 1.79. The van der Waals surface area contributed by atoms with E-state index in [2.05, 4.69) is 11.6 Å². The van der Waals surface area contributed by atoms with Crippen LogP contribution in [-0.2, 0) is 37.8 Å². The molecule has 2 aromatic carbocycles. The van der Waals surface area contributed by atoms with E-state index < -0.39 is 23.5 Å². The number of carbonyl (C=O) groups is 1. The number of imidazole rings is 1. The third kappa shape index (κ3) is 8.77. The molecule has 0 aliphatic heterocycles. The smallest absolute Gasteiger partial charge is 0.336 e. The van der Waals surface area contributed by atoms with Gasteiger partial charge in [0.2, 0.25) is 0 Å². The van der Waals surface area contributed by atoms with E-state index >= 15 is 0 Å². The van der Waals surface area contributed by atoms with Crippen LogP contribution < -0.4 is 10.4 Å². The van der Waals surface area contributed by atoms with Crippen molar-refractivity contribution in [3.8, 4) is 5.75 Å². The van der Waals surface area contributed by atoms with Gasteiger partial charge in [-0.25, -0.2) is 14.2 Å². The third-order valence-corrected chi connectivity index (χ3v) is 7.67. The molecule has 2 heterocycles. The van der Waals surface area contributed by atoms with E-state index in [1.54, 1.807) is 39.5 Å². The lowest BCUT2D eigenvalue weighted by Crippen LogP contribution is -2.40. The molecular weight excluding hydrogens is 610 g/mol. The highest BCUT2D eigenvalue weighted by Gasteiger charge is 2.39. The predicted molar refractivity (Wildman–Crippen MR) is 187 cm³/mol. The number of Topliss-reactive ketones (excluding diaryl/α,β-unsaturated/α-hetero) is 1. The summed E-state index contributed by atoms with van der Waals surface area (Å²) in [6.07, 6.45) is 6.99. The Hall–Kier alpha value is -4.77. The van der Waals surface area contributed by atoms with Crippen molar-refractivity contribution in [2.75, 3.05) is 20.8 Å². The molecule has 1 N–H and O–H groups in total. The van der Waals surface area contributed by atoms with Crippen LogP contribution in [0.25, 0.3) is 5.65 Å². The molecule has 0 aliphatic carbocycles. The lowest BCUT2D eigenvalue weighted by Gasteiger charge is -2.38. The van der Waals surface area contributed by atoms with Gasteiger partial charge in [0.05, 0.1) is 32.6 Å².